The Bertz CT molecular complexity index is 330. The molecule has 0 amide bonds. The molecule has 23 heavy (non-hydrogen) atoms. The minimum absolute atomic E-state index is 0.434. The molecule has 136 valence electrons. The summed E-state index contributed by atoms with van der Waals surface area (Å²) in [4.78, 5) is 5.00. The lowest BCUT2D eigenvalue weighted by Crippen LogP contribution is -2.52. The van der Waals surface area contributed by atoms with Crippen molar-refractivity contribution in [2.45, 2.75) is 65.1 Å². The fourth-order valence-electron chi connectivity index (χ4n) is 3.30. The van der Waals surface area contributed by atoms with Gasteiger partial charge in [0.15, 0.2) is 0 Å². The molecule has 2 saturated heterocycles. The zero-order valence-corrected chi connectivity index (χ0v) is 15.8. The van der Waals surface area contributed by atoms with Gasteiger partial charge in [0.2, 0.25) is 0 Å². The Labute approximate surface area is 143 Å². The van der Waals surface area contributed by atoms with Crippen LogP contribution in [0.2, 0.25) is 0 Å². The highest BCUT2D eigenvalue weighted by molar-refractivity contribution is 4.82. The maximum Gasteiger partial charge on any atom is 0.0828 e. The van der Waals surface area contributed by atoms with Crippen LogP contribution in [0.1, 0.15) is 53.4 Å². The third-order valence-electron chi connectivity index (χ3n) is 5.43. The first kappa shape index (κ1) is 19.2. The van der Waals surface area contributed by atoms with Crippen LogP contribution < -0.4 is 0 Å². The van der Waals surface area contributed by atoms with Crippen LogP contribution in [0.5, 0.6) is 0 Å². The molecular formula is C19H38N2O2. The molecule has 0 aromatic heterocycles. The summed E-state index contributed by atoms with van der Waals surface area (Å²) in [5.74, 6) is 1.43. The molecule has 0 bridgehead atoms. The molecular weight excluding hydrogens is 288 g/mol. The van der Waals surface area contributed by atoms with E-state index >= 15 is 0 Å². The summed E-state index contributed by atoms with van der Waals surface area (Å²) in [5, 5.41) is 9.99. The fraction of sp³-hybridized carbons (Fsp3) is 1.00. The molecule has 2 heterocycles. The van der Waals surface area contributed by atoms with Gasteiger partial charge in [0.1, 0.15) is 0 Å². The van der Waals surface area contributed by atoms with Crippen molar-refractivity contribution in [3.05, 3.63) is 0 Å². The molecule has 1 N–H and O–H groups in total. The van der Waals surface area contributed by atoms with Gasteiger partial charge >= 0.3 is 0 Å². The fourth-order valence-corrected chi connectivity index (χ4v) is 3.30. The number of rotatable bonds is 9. The van der Waals surface area contributed by atoms with Gasteiger partial charge < -0.3 is 14.7 Å². The predicted octanol–water partition coefficient (Wildman–Crippen LogP) is 2.61. The molecule has 2 aliphatic rings. The van der Waals surface area contributed by atoms with Gasteiger partial charge in [-0.25, -0.2) is 0 Å². The first-order valence-electron chi connectivity index (χ1n) is 9.63. The van der Waals surface area contributed by atoms with E-state index in [9.17, 15) is 5.11 Å². The van der Waals surface area contributed by atoms with Gasteiger partial charge in [0.05, 0.1) is 11.7 Å². The Morgan fingerprint density at radius 3 is 2.26 bits per heavy atom. The van der Waals surface area contributed by atoms with Crippen molar-refractivity contribution in [3.8, 4) is 0 Å². The minimum Gasteiger partial charge on any atom is -0.390 e. The van der Waals surface area contributed by atoms with Crippen molar-refractivity contribution in [1.29, 1.82) is 0 Å². The van der Waals surface area contributed by atoms with Crippen LogP contribution in [0.3, 0.4) is 0 Å². The molecule has 1 unspecified atom stereocenters. The van der Waals surface area contributed by atoms with Gasteiger partial charge in [-0.1, -0.05) is 20.8 Å². The molecule has 0 aliphatic carbocycles. The van der Waals surface area contributed by atoms with Gasteiger partial charge in [-0.15, -0.1) is 0 Å². The minimum atomic E-state index is -0.434. The summed E-state index contributed by atoms with van der Waals surface area (Å²) in [6, 6.07) is 0. The monoisotopic (exact) mass is 326 g/mol. The smallest absolute Gasteiger partial charge is 0.0828 e. The zero-order valence-electron chi connectivity index (χ0n) is 15.8. The van der Waals surface area contributed by atoms with E-state index in [1.54, 1.807) is 0 Å². The Morgan fingerprint density at radius 2 is 1.65 bits per heavy atom. The van der Waals surface area contributed by atoms with Crippen LogP contribution in [-0.4, -0.2) is 72.5 Å². The van der Waals surface area contributed by atoms with E-state index in [0.717, 1.165) is 58.1 Å². The van der Waals surface area contributed by atoms with Crippen molar-refractivity contribution < 1.29 is 9.84 Å². The molecule has 1 atom stereocenters. The first-order chi connectivity index (χ1) is 10.8. The highest BCUT2D eigenvalue weighted by Gasteiger charge is 2.28. The number of hydrogen-bond acceptors (Lipinski definition) is 4. The van der Waals surface area contributed by atoms with Crippen molar-refractivity contribution in [2.75, 3.05) is 45.9 Å². The molecule has 4 nitrogen and oxygen atoms in total. The number of nitrogens with zero attached hydrogens (tertiary/aromatic N) is 2. The molecule has 2 fully saturated rings. The Hall–Kier alpha value is -0.160. The van der Waals surface area contributed by atoms with E-state index in [1.165, 1.54) is 19.4 Å². The largest absolute Gasteiger partial charge is 0.390 e. The highest BCUT2D eigenvalue weighted by Crippen LogP contribution is 2.22. The van der Waals surface area contributed by atoms with Crippen LogP contribution in [0.15, 0.2) is 0 Å². The van der Waals surface area contributed by atoms with Crippen LogP contribution in [0.4, 0.5) is 0 Å². The van der Waals surface area contributed by atoms with Gasteiger partial charge in [0, 0.05) is 32.8 Å². The standard InChI is InChI=1S/C19H38N2O2/c1-16(2)5-9-21-13-18(14-21)23-15-17(3)6-10-20-11-7-19(4,22)8-12-20/h16-18,22H,5-15H2,1-4H3. The zero-order chi connectivity index (χ0) is 16.9. The average molecular weight is 327 g/mol. The summed E-state index contributed by atoms with van der Waals surface area (Å²) in [6.07, 6.45) is 4.78. The lowest BCUT2D eigenvalue weighted by atomic mass is 9.93. The third kappa shape index (κ3) is 7.08. The molecule has 0 radical (unpaired) electrons. The summed E-state index contributed by atoms with van der Waals surface area (Å²) in [6.45, 7) is 16.4. The SMILES string of the molecule is CC(C)CCN1CC(OCC(C)CCN2CCC(C)(O)CC2)C1. The van der Waals surface area contributed by atoms with E-state index < -0.39 is 5.60 Å². The van der Waals surface area contributed by atoms with Crippen LogP contribution >= 0.6 is 0 Å². The van der Waals surface area contributed by atoms with Gasteiger partial charge in [-0.05, 0) is 57.5 Å². The van der Waals surface area contributed by atoms with Gasteiger partial charge in [0.25, 0.3) is 0 Å². The first-order valence-corrected chi connectivity index (χ1v) is 9.63. The van der Waals surface area contributed by atoms with E-state index in [-0.39, 0.29) is 0 Å². The topological polar surface area (TPSA) is 35.9 Å². The van der Waals surface area contributed by atoms with E-state index in [1.807, 2.05) is 6.92 Å². The summed E-state index contributed by atoms with van der Waals surface area (Å²) in [5.41, 5.74) is -0.434. The lowest BCUT2D eigenvalue weighted by Gasteiger charge is -2.40. The lowest BCUT2D eigenvalue weighted by molar-refractivity contribution is -0.0668. The number of aliphatic hydroxyl groups is 1. The Balaban J connectivity index is 1.48. The van der Waals surface area contributed by atoms with Gasteiger partial charge in [-0.3, -0.25) is 4.90 Å². The van der Waals surface area contributed by atoms with E-state index in [2.05, 4.69) is 30.6 Å². The Kier molecular flexibility index (Phi) is 7.33. The number of piperidine rings is 1. The van der Waals surface area contributed by atoms with Crippen molar-refractivity contribution in [2.24, 2.45) is 11.8 Å². The average Bonchev–Trinajstić information content (AvgIpc) is 2.43. The van der Waals surface area contributed by atoms with Gasteiger partial charge in [-0.2, -0.15) is 0 Å². The van der Waals surface area contributed by atoms with Crippen molar-refractivity contribution in [3.63, 3.8) is 0 Å². The van der Waals surface area contributed by atoms with E-state index in [0.29, 0.717) is 12.0 Å². The maximum absolute atomic E-state index is 9.99. The van der Waals surface area contributed by atoms with Crippen LogP contribution in [-0.2, 0) is 4.74 Å². The molecule has 0 aromatic carbocycles. The second-order valence-corrected chi connectivity index (χ2v) is 8.63. The maximum atomic E-state index is 9.99. The predicted molar refractivity (Wildman–Crippen MR) is 95.7 cm³/mol. The molecule has 4 heteroatoms. The third-order valence-corrected chi connectivity index (χ3v) is 5.43. The van der Waals surface area contributed by atoms with Crippen molar-refractivity contribution in [1.82, 2.24) is 9.80 Å². The Morgan fingerprint density at radius 1 is 1.04 bits per heavy atom. The van der Waals surface area contributed by atoms with Crippen molar-refractivity contribution >= 4 is 0 Å². The quantitative estimate of drug-likeness (QED) is 0.706. The molecule has 0 aromatic rings. The second-order valence-electron chi connectivity index (χ2n) is 8.63. The number of likely N-dealkylation sites (tertiary alicyclic amines) is 2. The normalized spacial score (nSPS) is 24.8. The molecule has 0 saturated carbocycles. The molecule has 2 aliphatic heterocycles. The number of ether oxygens (including phenoxy) is 1. The second kappa shape index (κ2) is 8.80. The highest BCUT2D eigenvalue weighted by atomic mass is 16.5. The molecule has 0 spiro atoms. The summed E-state index contributed by atoms with van der Waals surface area (Å²) >= 11 is 0. The van der Waals surface area contributed by atoms with Crippen LogP contribution in [0, 0.1) is 11.8 Å². The van der Waals surface area contributed by atoms with E-state index in [4.69, 9.17) is 4.74 Å². The van der Waals surface area contributed by atoms with Crippen LogP contribution in [0.25, 0.3) is 0 Å². The molecule has 2 rings (SSSR count). The summed E-state index contributed by atoms with van der Waals surface area (Å²) < 4.78 is 6.05. The summed E-state index contributed by atoms with van der Waals surface area (Å²) in [7, 11) is 0. The number of hydrogen-bond donors (Lipinski definition) is 1.